The van der Waals surface area contributed by atoms with Crippen LogP contribution in [0.2, 0.25) is 10.0 Å². The molecule has 1 aliphatic heterocycles. The number of hydrogen-bond acceptors (Lipinski definition) is 6. The summed E-state index contributed by atoms with van der Waals surface area (Å²) in [4.78, 5) is 29.4. The van der Waals surface area contributed by atoms with Crippen LogP contribution in [0.15, 0.2) is 66.7 Å². The molecule has 2 atom stereocenters. The van der Waals surface area contributed by atoms with Crippen LogP contribution in [0.1, 0.15) is 24.1 Å². The average molecular weight is 581 g/mol. The van der Waals surface area contributed by atoms with Crippen molar-refractivity contribution in [3.8, 4) is 17.2 Å². The fraction of sp³-hybridized carbons (Fsp3) is 0.300. The maximum absolute atomic E-state index is 13.6. The molecule has 0 spiro atoms. The van der Waals surface area contributed by atoms with Gasteiger partial charge in [-0.15, -0.1) is 0 Å². The smallest absolute Gasteiger partial charge is 0.242 e. The second-order valence-corrected chi connectivity index (χ2v) is 10.5. The molecule has 1 aliphatic rings. The Morgan fingerprint density at radius 3 is 2.42 bits per heavy atom. The molecule has 8 nitrogen and oxygen atoms in total. The standard InChI is InChI=1S/C30H31Cl2N5O3/c1-20(37(19-29(34)38)25-9-10-26(31)27(32)16-25)30(39)35-28(18-36-11-13-40-14-12-36)23-7-5-22(6-8-23)24-4-2-3-21(15-24)17-33/h2-10,15-16,20,28H,11-14,18-19H2,1H3,(H2,34,38)(H,35,39). The number of morpholine rings is 1. The van der Waals surface area contributed by atoms with E-state index in [-0.39, 0.29) is 18.5 Å². The molecule has 3 N–H and O–H groups in total. The molecule has 0 aliphatic carbocycles. The summed E-state index contributed by atoms with van der Waals surface area (Å²) in [6, 6.07) is 21.4. The number of carbonyl (C=O) groups excluding carboxylic acids is 2. The summed E-state index contributed by atoms with van der Waals surface area (Å²) in [5.74, 6) is -0.844. The van der Waals surface area contributed by atoms with Crippen molar-refractivity contribution in [2.24, 2.45) is 5.73 Å². The number of hydrogen-bond donors (Lipinski definition) is 2. The van der Waals surface area contributed by atoms with Crippen LogP contribution in [0, 0.1) is 11.3 Å². The Labute approximate surface area is 244 Å². The van der Waals surface area contributed by atoms with Crippen LogP contribution in [-0.4, -0.2) is 62.1 Å². The molecule has 3 aromatic carbocycles. The first-order valence-electron chi connectivity index (χ1n) is 13.0. The number of rotatable bonds is 10. The van der Waals surface area contributed by atoms with E-state index in [2.05, 4.69) is 16.3 Å². The predicted octanol–water partition coefficient (Wildman–Crippen LogP) is 4.40. The largest absolute Gasteiger partial charge is 0.379 e. The summed E-state index contributed by atoms with van der Waals surface area (Å²) < 4.78 is 5.50. The molecule has 1 saturated heterocycles. The highest BCUT2D eigenvalue weighted by Crippen LogP contribution is 2.29. The Kier molecular flexibility index (Phi) is 10.0. The number of carbonyl (C=O) groups is 2. The Bertz CT molecular complexity index is 1390. The normalized spacial score (nSPS) is 15.1. The number of nitriles is 1. The number of ether oxygens (including phenoxy) is 1. The van der Waals surface area contributed by atoms with E-state index in [1.807, 2.05) is 42.5 Å². The van der Waals surface area contributed by atoms with E-state index in [4.69, 9.17) is 33.7 Å². The quantitative estimate of drug-likeness (QED) is 0.368. The van der Waals surface area contributed by atoms with Gasteiger partial charge >= 0.3 is 0 Å². The van der Waals surface area contributed by atoms with Gasteiger partial charge in [0.1, 0.15) is 6.04 Å². The molecule has 0 aromatic heterocycles. The number of nitrogens with one attached hydrogen (secondary N) is 1. The second-order valence-electron chi connectivity index (χ2n) is 9.66. The van der Waals surface area contributed by atoms with Crippen LogP contribution in [0.3, 0.4) is 0 Å². The molecule has 3 aromatic rings. The average Bonchev–Trinajstić information content (AvgIpc) is 2.97. The number of nitrogens with two attached hydrogens (primary N) is 1. The molecular weight excluding hydrogens is 549 g/mol. The van der Waals surface area contributed by atoms with Gasteiger partial charge < -0.3 is 20.7 Å². The molecule has 1 heterocycles. The minimum absolute atomic E-state index is 0.170. The van der Waals surface area contributed by atoms with Crippen molar-refractivity contribution >= 4 is 40.7 Å². The van der Waals surface area contributed by atoms with Gasteiger partial charge in [0.2, 0.25) is 11.8 Å². The minimum atomic E-state index is -0.732. The Balaban J connectivity index is 1.58. The third-order valence-corrected chi connectivity index (χ3v) is 7.65. The SMILES string of the molecule is CC(C(=O)NC(CN1CCOCC1)c1ccc(-c2cccc(C#N)c2)cc1)N(CC(N)=O)c1ccc(Cl)c(Cl)c1. The number of nitrogens with zero attached hydrogens (tertiary/aromatic N) is 3. The van der Waals surface area contributed by atoms with Crippen molar-refractivity contribution in [3.05, 3.63) is 87.9 Å². The molecule has 0 saturated carbocycles. The van der Waals surface area contributed by atoms with E-state index in [0.29, 0.717) is 41.1 Å². The first kappa shape index (κ1) is 29.4. The highest BCUT2D eigenvalue weighted by atomic mass is 35.5. The Morgan fingerprint density at radius 1 is 1.05 bits per heavy atom. The monoisotopic (exact) mass is 579 g/mol. The zero-order valence-electron chi connectivity index (χ0n) is 22.1. The first-order valence-corrected chi connectivity index (χ1v) is 13.7. The summed E-state index contributed by atoms with van der Waals surface area (Å²) in [7, 11) is 0. The van der Waals surface area contributed by atoms with Crippen LogP contribution in [0.25, 0.3) is 11.1 Å². The second kappa shape index (κ2) is 13.6. The van der Waals surface area contributed by atoms with Crippen LogP contribution in [-0.2, 0) is 14.3 Å². The van der Waals surface area contributed by atoms with Gasteiger partial charge in [0.25, 0.3) is 0 Å². The van der Waals surface area contributed by atoms with E-state index in [1.165, 1.54) is 0 Å². The molecule has 1 fully saturated rings. The highest BCUT2D eigenvalue weighted by Gasteiger charge is 2.27. The number of primary amides is 1. The third kappa shape index (κ3) is 7.52. The maximum atomic E-state index is 13.6. The van der Waals surface area contributed by atoms with Crippen LogP contribution >= 0.6 is 23.2 Å². The van der Waals surface area contributed by atoms with Crippen molar-refractivity contribution in [1.29, 1.82) is 5.26 Å². The van der Waals surface area contributed by atoms with Gasteiger partial charge in [0, 0.05) is 25.3 Å². The zero-order chi connectivity index (χ0) is 28.6. The van der Waals surface area contributed by atoms with E-state index in [1.54, 1.807) is 36.1 Å². The van der Waals surface area contributed by atoms with Gasteiger partial charge in [-0.05, 0) is 53.9 Å². The van der Waals surface area contributed by atoms with Crippen LogP contribution in [0.4, 0.5) is 5.69 Å². The first-order chi connectivity index (χ1) is 19.2. The summed E-state index contributed by atoms with van der Waals surface area (Å²) in [5, 5.41) is 13.1. The van der Waals surface area contributed by atoms with Crippen LogP contribution in [0.5, 0.6) is 0 Å². The Hall–Kier alpha value is -3.61. The molecule has 4 rings (SSSR count). The van der Waals surface area contributed by atoms with Gasteiger partial charge in [-0.1, -0.05) is 59.6 Å². The predicted molar refractivity (Wildman–Crippen MR) is 157 cm³/mol. The van der Waals surface area contributed by atoms with Gasteiger partial charge in [-0.2, -0.15) is 5.26 Å². The van der Waals surface area contributed by atoms with Gasteiger partial charge in [0.15, 0.2) is 0 Å². The van der Waals surface area contributed by atoms with E-state index in [0.717, 1.165) is 29.8 Å². The lowest BCUT2D eigenvalue weighted by Gasteiger charge is -2.34. The summed E-state index contributed by atoms with van der Waals surface area (Å²) >= 11 is 12.3. The van der Waals surface area contributed by atoms with Crippen molar-refractivity contribution in [2.75, 3.05) is 44.3 Å². The molecular formula is C30H31Cl2N5O3. The minimum Gasteiger partial charge on any atom is -0.379 e. The zero-order valence-corrected chi connectivity index (χ0v) is 23.7. The lowest BCUT2D eigenvalue weighted by Crippen LogP contribution is -2.51. The van der Waals surface area contributed by atoms with E-state index >= 15 is 0 Å². The van der Waals surface area contributed by atoms with Crippen molar-refractivity contribution in [2.45, 2.75) is 19.0 Å². The van der Waals surface area contributed by atoms with Gasteiger partial charge in [-0.3, -0.25) is 14.5 Å². The summed E-state index contributed by atoms with van der Waals surface area (Å²) in [5.41, 5.74) is 9.52. The molecule has 2 amide bonds. The fourth-order valence-electron chi connectivity index (χ4n) is 4.67. The van der Waals surface area contributed by atoms with Gasteiger partial charge in [0.05, 0.1) is 47.5 Å². The molecule has 208 valence electrons. The number of halogens is 2. The lowest BCUT2D eigenvalue weighted by molar-refractivity contribution is -0.123. The maximum Gasteiger partial charge on any atom is 0.242 e. The number of anilines is 1. The van der Waals surface area contributed by atoms with E-state index < -0.39 is 11.9 Å². The van der Waals surface area contributed by atoms with Crippen molar-refractivity contribution in [3.63, 3.8) is 0 Å². The molecule has 0 radical (unpaired) electrons. The summed E-state index contributed by atoms with van der Waals surface area (Å²) in [6.45, 7) is 4.93. The lowest BCUT2D eigenvalue weighted by atomic mass is 9.99. The molecule has 2 unspecified atom stereocenters. The third-order valence-electron chi connectivity index (χ3n) is 6.91. The number of amides is 2. The molecule has 0 bridgehead atoms. The topological polar surface area (TPSA) is 112 Å². The van der Waals surface area contributed by atoms with E-state index in [9.17, 15) is 14.9 Å². The number of benzene rings is 3. The van der Waals surface area contributed by atoms with Gasteiger partial charge in [-0.25, -0.2) is 0 Å². The van der Waals surface area contributed by atoms with Crippen molar-refractivity contribution < 1.29 is 14.3 Å². The summed E-state index contributed by atoms with van der Waals surface area (Å²) in [6.07, 6.45) is 0. The highest BCUT2D eigenvalue weighted by molar-refractivity contribution is 6.42. The van der Waals surface area contributed by atoms with Crippen molar-refractivity contribution in [1.82, 2.24) is 10.2 Å². The fourth-order valence-corrected chi connectivity index (χ4v) is 4.96. The molecule has 40 heavy (non-hydrogen) atoms. The van der Waals surface area contributed by atoms with Crippen LogP contribution < -0.4 is 16.0 Å². The Morgan fingerprint density at radius 2 is 1.77 bits per heavy atom. The molecule has 10 heteroatoms.